The highest BCUT2D eigenvalue weighted by molar-refractivity contribution is 7.17. The maximum Gasteiger partial charge on any atom is 0.265 e. The van der Waals surface area contributed by atoms with Crippen LogP contribution < -0.4 is 4.90 Å². The number of carbonyl (C=O) groups is 1. The van der Waals surface area contributed by atoms with Gasteiger partial charge in [0, 0.05) is 50.2 Å². The van der Waals surface area contributed by atoms with Gasteiger partial charge >= 0.3 is 0 Å². The molecule has 162 valence electrons. The van der Waals surface area contributed by atoms with Crippen LogP contribution in [0, 0.1) is 13.8 Å². The van der Waals surface area contributed by atoms with Crippen molar-refractivity contribution in [3.8, 4) is 16.4 Å². The first-order valence-corrected chi connectivity index (χ1v) is 11.3. The number of benzene rings is 1. The fourth-order valence-electron chi connectivity index (χ4n) is 3.84. The second-order valence-corrected chi connectivity index (χ2v) is 8.66. The molecule has 0 spiro atoms. The van der Waals surface area contributed by atoms with E-state index in [1.54, 1.807) is 12.5 Å². The molecule has 1 fully saturated rings. The first-order valence-electron chi connectivity index (χ1n) is 10.5. The van der Waals surface area contributed by atoms with Crippen LogP contribution in [-0.4, -0.2) is 61.5 Å². The summed E-state index contributed by atoms with van der Waals surface area (Å²) in [5.41, 5.74) is 1.83. The minimum Gasteiger partial charge on any atom is -0.353 e. The summed E-state index contributed by atoms with van der Waals surface area (Å²) in [5, 5.41) is 0.883. The van der Waals surface area contributed by atoms with Crippen molar-refractivity contribution in [3.63, 3.8) is 0 Å². The van der Waals surface area contributed by atoms with Crippen molar-refractivity contribution in [3.05, 3.63) is 71.5 Å². The lowest BCUT2D eigenvalue weighted by Crippen LogP contribution is -2.49. The molecule has 1 saturated heterocycles. The Morgan fingerprint density at radius 3 is 2.44 bits per heavy atom. The number of thiazole rings is 1. The summed E-state index contributed by atoms with van der Waals surface area (Å²) in [6, 6.07) is 12.0. The molecule has 1 aromatic carbocycles. The maximum absolute atomic E-state index is 13.2. The first-order chi connectivity index (χ1) is 15.6. The quantitative estimate of drug-likeness (QED) is 0.479. The minimum atomic E-state index is 0.0549. The smallest absolute Gasteiger partial charge is 0.265 e. The molecular formula is C23H23N7OS. The highest BCUT2D eigenvalue weighted by Crippen LogP contribution is 2.29. The average molecular weight is 446 g/mol. The van der Waals surface area contributed by atoms with E-state index in [0.717, 1.165) is 38.6 Å². The fourth-order valence-corrected chi connectivity index (χ4v) is 4.88. The summed E-state index contributed by atoms with van der Waals surface area (Å²) >= 11 is 1.47. The van der Waals surface area contributed by atoms with E-state index in [-0.39, 0.29) is 5.91 Å². The molecule has 1 aliphatic rings. The summed E-state index contributed by atoms with van der Waals surface area (Å²) in [4.78, 5) is 35.7. The van der Waals surface area contributed by atoms with Crippen LogP contribution >= 0.6 is 11.3 Å². The molecule has 8 nitrogen and oxygen atoms in total. The molecule has 9 heteroatoms. The summed E-state index contributed by atoms with van der Waals surface area (Å²) in [6.45, 7) is 6.56. The van der Waals surface area contributed by atoms with E-state index >= 15 is 0 Å². The Balaban J connectivity index is 1.28. The molecule has 5 rings (SSSR count). The zero-order chi connectivity index (χ0) is 22.1. The molecule has 0 saturated carbocycles. The third kappa shape index (κ3) is 3.87. The number of hydrogen-bond donors (Lipinski definition) is 0. The number of carbonyl (C=O) groups excluding carboxylic acids is 1. The number of aryl methyl sites for hydroxylation is 2. The van der Waals surface area contributed by atoms with E-state index < -0.39 is 0 Å². The van der Waals surface area contributed by atoms with E-state index in [9.17, 15) is 4.79 Å². The number of imidazole rings is 1. The number of hydrogen-bond acceptors (Lipinski definition) is 7. The molecule has 0 bridgehead atoms. The highest BCUT2D eigenvalue weighted by Gasteiger charge is 2.26. The third-order valence-corrected chi connectivity index (χ3v) is 6.81. The lowest BCUT2D eigenvalue weighted by molar-refractivity contribution is 0.0750. The molecule has 1 aliphatic heterocycles. The van der Waals surface area contributed by atoms with Crippen molar-refractivity contribution in [2.45, 2.75) is 13.8 Å². The standard InChI is InChI=1S/C23H23N7OS/c1-16-21(32-22(27-16)18-6-4-3-5-7-18)23(31)29-12-10-28(11-13-29)19-14-20(26-15-25-19)30-9-8-24-17(30)2/h3-9,14-15H,10-13H2,1-2H3. The Morgan fingerprint density at radius 2 is 1.72 bits per heavy atom. The number of anilines is 1. The molecule has 0 aliphatic carbocycles. The first kappa shape index (κ1) is 20.3. The maximum atomic E-state index is 13.2. The molecule has 4 aromatic rings. The zero-order valence-corrected chi connectivity index (χ0v) is 18.8. The molecule has 0 unspecified atom stereocenters. The number of rotatable bonds is 4. The van der Waals surface area contributed by atoms with Gasteiger partial charge in [0.25, 0.3) is 5.91 Å². The van der Waals surface area contributed by atoms with Gasteiger partial charge in [-0.1, -0.05) is 30.3 Å². The lowest BCUT2D eigenvalue weighted by atomic mass is 10.2. The summed E-state index contributed by atoms with van der Waals surface area (Å²) in [7, 11) is 0. The van der Waals surface area contributed by atoms with Crippen molar-refractivity contribution in [1.29, 1.82) is 0 Å². The van der Waals surface area contributed by atoms with Crippen molar-refractivity contribution in [2.24, 2.45) is 0 Å². The van der Waals surface area contributed by atoms with E-state index in [1.165, 1.54) is 11.3 Å². The van der Waals surface area contributed by atoms with Gasteiger partial charge in [0.1, 0.15) is 33.7 Å². The van der Waals surface area contributed by atoms with Gasteiger partial charge < -0.3 is 9.80 Å². The molecule has 0 radical (unpaired) electrons. The second kappa shape index (κ2) is 8.51. The van der Waals surface area contributed by atoms with Crippen LogP contribution in [0.5, 0.6) is 0 Å². The summed E-state index contributed by atoms with van der Waals surface area (Å²) < 4.78 is 1.93. The van der Waals surface area contributed by atoms with Gasteiger partial charge in [-0.15, -0.1) is 11.3 Å². The molecule has 4 heterocycles. The van der Waals surface area contributed by atoms with E-state index in [2.05, 4.69) is 24.8 Å². The van der Waals surface area contributed by atoms with Crippen molar-refractivity contribution in [2.75, 3.05) is 31.1 Å². The normalized spacial score (nSPS) is 14.1. The van der Waals surface area contributed by atoms with Crippen LogP contribution in [0.25, 0.3) is 16.4 Å². The van der Waals surface area contributed by atoms with Gasteiger partial charge in [-0.2, -0.15) is 0 Å². The van der Waals surface area contributed by atoms with E-state index in [1.807, 2.05) is 65.9 Å². The van der Waals surface area contributed by atoms with Gasteiger partial charge in [-0.25, -0.2) is 19.9 Å². The average Bonchev–Trinajstić information content (AvgIpc) is 3.45. The van der Waals surface area contributed by atoms with Crippen molar-refractivity contribution < 1.29 is 4.79 Å². The Kier molecular flexibility index (Phi) is 5.40. The SMILES string of the molecule is Cc1nc(-c2ccccc2)sc1C(=O)N1CCN(c2cc(-n3ccnc3C)ncn2)CC1. The van der Waals surface area contributed by atoms with Crippen LogP contribution in [-0.2, 0) is 0 Å². The molecular weight excluding hydrogens is 422 g/mol. The lowest BCUT2D eigenvalue weighted by Gasteiger charge is -2.35. The van der Waals surface area contributed by atoms with Gasteiger partial charge in [0.2, 0.25) is 0 Å². The van der Waals surface area contributed by atoms with Crippen LogP contribution in [0.3, 0.4) is 0 Å². The Bertz CT molecular complexity index is 1240. The fraction of sp³-hybridized carbons (Fsp3) is 0.261. The molecule has 32 heavy (non-hydrogen) atoms. The topological polar surface area (TPSA) is 80.0 Å². The van der Waals surface area contributed by atoms with Crippen LogP contribution in [0.15, 0.2) is 55.1 Å². The monoisotopic (exact) mass is 445 g/mol. The van der Waals surface area contributed by atoms with Gasteiger partial charge in [-0.3, -0.25) is 9.36 Å². The largest absolute Gasteiger partial charge is 0.353 e. The van der Waals surface area contributed by atoms with Gasteiger partial charge in [-0.05, 0) is 13.8 Å². The third-order valence-electron chi connectivity index (χ3n) is 5.61. The molecule has 0 N–H and O–H groups in total. The summed E-state index contributed by atoms with van der Waals surface area (Å²) in [6.07, 6.45) is 5.22. The predicted molar refractivity (Wildman–Crippen MR) is 124 cm³/mol. The van der Waals surface area contributed by atoms with E-state index in [0.29, 0.717) is 26.2 Å². The minimum absolute atomic E-state index is 0.0549. The van der Waals surface area contributed by atoms with Crippen LogP contribution in [0.1, 0.15) is 21.2 Å². The predicted octanol–water partition coefficient (Wildman–Crippen LogP) is 3.37. The number of amides is 1. The van der Waals surface area contributed by atoms with Crippen molar-refractivity contribution >= 4 is 23.1 Å². The second-order valence-electron chi connectivity index (χ2n) is 7.66. The number of nitrogens with zero attached hydrogens (tertiary/aromatic N) is 7. The Labute approximate surface area is 190 Å². The Morgan fingerprint density at radius 1 is 0.969 bits per heavy atom. The van der Waals surface area contributed by atoms with Gasteiger partial charge in [0.15, 0.2) is 0 Å². The van der Waals surface area contributed by atoms with Crippen LogP contribution in [0.4, 0.5) is 5.82 Å². The summed E-state index contributed by atoms with van der Waals surface area (Å²) in [5.74, 6) is 2.58. The molecule has 3 aromatic heterocycles. The molecule has 1 amide bonds. The number of piperazine rings is 1. The van der Waals surface area contributed by atoms with Crippen molar-refractivity contribution in [1.82, 2.24) is 29.4 Å². The van der Waals surface area contributed by atoms with Gasteiger partial charge in [0.05, 0.1) is 5.69 Å². The highest BCUT2D eigenvalue weighted by atomic mass is 32.1. The zero-order valence-electron chi connectivity index (χ0n) is 18.0. The number of aromatic nitrogens is 5. The van der Waals surface area contributed by atoms with E-state index in [4.69, 9.17) is 0 Å². The Hall–Kier alpha value is -3.59. The van der Waals surface area contributed by atoms with Crippen LogP contribution in [0.2, 0.25) is 0 Å². The molecule has 0 atom stereocenters.